The van der Waals surface area contributed by atoms with Crippen LogP contribution in [0.1, 0.15) is 30.8 Å². The van der Waals surface area contributed by atoms with E-state index in [1.807, 2.05) is 0 Å². The lowest BCUT2D eigenvalue weighted by Crippen LogP contribution is -2.56. The minimum absolute atomic E-state index is 0.0626. The molecule has 1 amide bonds. The van der Waals surface area contributed by atoms with Crippen molar-refractivity contribution in [2.75, 3.05) is 6.54 Å². The van der Waals surface area contributed by atoms with Gasteiger partial charge in [0.15, 0.2) is 5.69 Å². The molecule has 2 heterocycles. The highest BCUT2D eigenvalue weighted by Gasteiger charge is 2.29. The number of amides is 1. The fourth-order valence-electron chi connectivity index (χ4n) is 2.40. The zero-order chi connectivity index (χ0) is 13.1. The molecule has 5 heteroatoms. The molecule has 0 bridgehead atoms. The van der Waals surface area contributed by atoms with E-state index < -0.39 is 0 Å². The molecule has 0 radical (unpaired) electrons. The molecule has 18 heavy (non-hydrogen) atoms. The largest absolute Gasteiger partial charge is 0.505 e. The van der Waals surface area contributed by atoms with E-state index in [2.05, 4.69) is 29.5 Å². The van der Waals surface area contributed by atoms with E-state index in [0.717, 1.165) is 13.0 Å². The Kier molecular flexibility index (Phi) is 3.81. The third-order valence-corrected chi connectivity index (χ3v) is 3.52. The molecule has 3 atom stereocenters. The molecule has 0 spiro atoms. The molecule has 0 saturated carbocycles. The molecule has 0 aliphatic carbocycles. The maximum absolute atomic E-state index is 12.1. The zero-order valence-electron chi connectivity index (χ0n) is 10.7. The maximum Gasteiger partial charge on any atom is 0.274 e. The number of hydrogen-bond donors (Lipinski definition) is 3. The summed E-state index contributed by atoms with van der Waals surface area (Å²) in [4.78, 5) is 16.0. The standard InChI is InChI=1S/C13H19N3O2/c1-8-5-7-14-9(2)11(8)16-13(18)12-10(17)4-3-6-15-12/h3-4,6,8-9,11,14,17H,5,7H2,1-2H3,(H,16,18). The Morgan fingerprint density at radius 1 is 1.56 bits per heavy atom. The van der Waals surface area contributed by atoms with Crippen molar-refractivity contribution in [3.05, 3.63) is 24.0 Å². The van der Waals surface area contributed by atoms with Crippen molar-refractivity contribution in [2.24, 2.45) is 5.92 Å². The summed E-state index contributed by atoms with van der Waals surface area (Å²) < 4.78 is 0. The van der Waals surface area contributed by atoms with Crippen LogP contribution in [0.25, 0.3) is 0 Å². The fraction of sp³-hybridized carbons (Fsp3) is 0.538. The molecule has 0 aromatic carbocycles. The fourth-order valence-corrected chi connectivity index (χ4v) is 2.40. The van der Waals surface area contributed by atoms with Crippen molar-refractivity contribution in [1.82, 2.24) is 15.6 Å². The number of carbonyl (C=O) groups excluding carboxylic acids is 1. The first-order valence-corrected chi connectivity index (χ1v) is 6.28. The molecule has 1 saturated heterocycles. The molecular formula is C13H19N3O2. The molecule has 3 unspecified atom stereocenters. The average Bonchev–Trinajstić information content (AvgIpc) is 2.34. The Balaban J connectivity index is 2.09. The summed E-state index contributed by atoms with van der Waals surface area (Å²) >= 11 is 0. The van der Waals surface area contributed by atoms with Gasteiger partial charge in [-0.2, -0.15) is 0 Å². The van der Waals surface area contributed by atoms with Crippen LogP contribution in [0.3, 0.4) is 0 Å². The summed E-state index contributed by atoms with van der Waals surface area (Å²) in [5.41, 5.74) is 0.0856. The first-order valence-electron chi connectivity index (χ1n) is 6.28. The first kappa shape index (κ1) is 12.8. The second-order valence-corrected chi connectivity index (χ2v) is 4.88. The molecule has 5 nitrogen and oxygen atoms in total. The minimum Gasteiger partial charge on any atom is -0.505 e. The SMILES string of the molecule is CC1CCNC(C)C1NC(=O)c1ncccc1O. The summed E-state index contributed by atoms with van der Waals surface area (Å²) in [7, 11) is 0. The lowest BCUT2D eigenvalue weighted by Gasteiger charge is -2.35. The number of aromatic nitrogens is 1. The number of rotatable bonds is 2. The van der Waals surface area contributed by atoms with Crippen molar-refractivity contribution in [3.63, 3.8) is 0 Å². The Morgan fingerprint density at radius 3 is 3.00 bits per heavy atom. The number of hydrogen-bond acceptors (Lipinski definition) is 4. The number of nitrogens with one attached hydrogen (secondary N) is 2. The molecule has 1 fully saturated rings. The van der Waals surface area contributed by atoms with Crippen LogP contribution in [0.15, 0.2) is 18.3 Å². The number of pyridine rings is 1. The van der Waals surface area contributed by atoms with Crippen molar-refractivity contribution in [3.8, 4) is 5.75 Å². The van der Waals surface area contributed by atoms with Gasteiger partial charge in [-0.3, -0.25) is 4.79 Å². The lowest BCUT2D eigenvalue weighted by molar-refractivity contribution is 0.0889. The van der Waals surface area contributed by atoms with Gasteiger partial charge in [0.2, 0.25) is 0 Å². The van der Waals surface area contributed by atoms with E-state index in [9.17, 15) is 9.90 Å². The third kappa shape index (κ3) is 2.61. The van der Waals surface area contributed by atoms with Gasteiger partial charge in [-0.25, -0.2) is 4.98 Å². The van der Waals surface area contributed by atoms with E-state index >= 15 is 0 Å². The average molecular weight is 249 g/mol. The Hall–Kier alpha value is -1.62. The molecule has 1 aromatic heterocycles. The van der Waals surface area contributed by atoms with Gasteiger partial charge in [-0.05, 0) is 37.9 Å². The predicted molar refractivity (Wildman–Crippen MR) is 68.4 cm³/mol. The van der Waals surface area contributed by atoms with Crippen LogP contribution in [0.5, 0.6) is 5.75 Å². The number of nitrogens with zero attached hydrogens (tertiary/aromatic N) is 1. The van der Waals surface area contributed by atoms with Crippen LogP contribution in [0.2, 0.25) is 0 Å². The highest BCUT2D eigenvalue weighted by Crippen LogP contribution is 2.18. The maximum atomic E-state index is 12.1. The summed E-state index contributed by atoms with van der Waals surface area (Å²) in [6.45, 7) is 5.16. The van der Waals surface area contributed by atoms with Gasteiger partial charge in [0.1, 0.15) is 5.75 Å². The quantitative estimate of drug-likeness (QED) is 0.728. The van der Waals surface area contributed by atoms with Gasteiger partial charge in [-0.1, -0.05) is 6.92 Å². The smallest absolute Gasteiger partial charge is 0.274 e. The number of aromatic hydroxyl groups is 1. The monoisotopic (exact) mass is 249 g/mol. The Morgan fingerprint density at radius 2 is 2.33 bits per heavy atom. The van der Waals surface area contributed by atoms with Gasteiger partial charge in [-0.15, -0.1) is 0 Å². The van der Waals surface area contributed by atoms with Crippen LogP contribution in [0.4, 0.5) is 0 Å². The van der Waals surface area contributed by atoms with Crippen molar-refractivity contribution >= 4 is 5.91 Å². The van der Waals surface area contributed by atoms with Crippen LogP contribution in [0, 0.1) is 5.92 Å². The van der Waals surface area contributed by atoms with Gasteiger partial charge >= 0.3 is 0 Å². The van der Waals surface area contributed by atoms with Gasteiger partial charge in [0.25, 0.3) is 5.91 Å². The number of carbonyl (C=O) groups is 1. The van der Waals surface area contributed by atoms with E-state index in [1.54, 1.807) is 6.07 Å². The van der Waals surface area contributed by atoms with Crippen molar-refractivity contribution < 1.29 is 9.90 Å². The molecule has 1 aliphatic heterocycles. The van der Waals surface area contributed by atoms with E-state index in [4.69, 9.17) is 0 Å². The molecule has 3 N–H and O–H groups in total. The van der Waals surface area contributed by atoms with Crippen LogP contribution in [-0.2, 0) is 0 Å². The van der Waals surface area contributed by atoms with Gasteiger partial charge < -0.3 is 15.7 Å². The number of piperidine rings is 1. The van der Waals surface area contributed by atoms with E-state index in [-0.39, 0.29) is 29.4 Å². The van der Waals surface area contributed by atoms with Crippen LogP contribution < -0.4 is 10.6 Å². The normalized spacial score (nSPS) is 27.8. The van der Waals surface area contributed by atoms with Crippen LogP contribution in [-0.4, -0.2) is 34.6 Å². The Labute approximate surface area is 107 Å². The minimum atomic E-state index is -0.319. The van der Waals surface area contributed by atoms with Crippen LogP contribution >= 0.6 is 0 Å². The van der Waals surface area contributed by atoms with Gasteiger partial charge in [0.05, 0.1) is 0 Å². The van der Waals surface area contributed by atoms with Gasteiger partial charge in [0, 0.05) is 18.3 Å². The second-order valence-electron chi connectivity index (χ2n) is 4.88. The van der Waals surface area contributed by atoms with E-state index in [0.29, 0.717) is 5.92 Å². The molecule has 2 rings (SSSR count). The van der Waals surface area contributed by atoms with Crippen molar-refractivity contribution in [2.45, 2.75) is 32.4 Å². The topological polar surface area (TPSA) is 74.2 Å². The summed E-state index contributed by atoms with van der Waals surface area (Å²) in [6, 6.07) is 3.35. The first-order chi connectivity index (χ1) is 8.59. The summed E-state index contributed by atoms with van der Waals surface area (Å²) in [5.74, 6) is 0.00984. The van der Waals surface area contributed by atoms with E-state index in [1.165, 1.54) is 12.3 Å². The third-order valence-electron chi connectivity index (χ3n) is 3.52. The summed E-state index contributed by atoms with van der Waals surface area (Å²) in [5, 5.41) is 15.9. The predicted octanol–water partition coefficient (Wildman–Crippen LogP) is 0.903. The molecular weight excluding hydrogens is 230 g/mol. The highest BCUT2D eigenvalue weighted by atomic mass is 16.3. The molecule has 98 valence electrons. The lowest BCUT2D eigenvalue weighted by atomic mass is 9.89. The highest BCUT2D eigenvalue weighted by molar-refractivity contribution is 5.94. The summed E-state index contributed by atoms with van der Waals surface area (Å²) in [6.07, 6.45) is 2.53. The zero-order valence-corrected chi connectivity index (χ0v) is 10.7. The Bertz CT molecular complexity index is 426. The molecule has 1 aliphatic rings. The molecule has 1 aromatic rings. The van der Waals surface area contributed by atoms with Crippen molar-refractivity contribution in [1.29, 1.82) is 0 Å². The second kappa shape index (κ2) is 5.35.